The Bertz CT molecular complexity index is 415. The zero-order chi connectivity index (χ0) is 17.0. The van der Waals surface area contributed by atoms with Crippen LogP contribution in [0.2, 0.25) is 0 Å². The zero-order valence-corrected chi connectivity index (χ0v) is 14.2. The van der Waals surface area contributed by atoms with Gasteiger partial charge in [0.05, 0.1) is 0 Å². The van der Waals surface area contributed by atoms with Crippen LogP contribution in [0.15, 0.2) is 60.8 Å². The quantitative estimate of drug-likeness (QED) is 0.151. The van der Waals surface area contributed by atoms with E-state index >= 15 is 0 Å². The molecule has 0 radical (unpaired) electrons. The van der Waals surface area contributed by atoms with E-state index in [1.807, 2.05) is 24.3 Å². The number of carbonyl (C=O) groups is 1. The van der Waals surface area contributed by atoms with Crippen LogP contribution in [0, 0.1) is 0 Å². The second-order valence-electron chi connectivity index (χ2n) is 5.26. The minimum Gasteiger partial charge on any atom is -0.296 e. The van der Waals surface area contributed by atoms with E-state index in [9.17, 15) is 4.79 Å². The number of allylic oxidation sites excluding steroid dienone is 9. The third-order valence-corrected chi connectivity index (χ3v) is 3.21. The number of rotatable bonds is 13. The van der Waals surface area contributed by atoms with Crippen LogP contribution in [-0.4, -0.2) is 11.2 Å². The zero-order valence-electron chi connectivity index (χ0n) is 14.2. The highest BCUT2D eigenvalue weighted by Crippen LogP contribution is 2.08. The highest BCUT2D eigenvalue weighted by atomic mass is 17.1. The lowest BCUT2D eigenvalue weighted by Crippen LogP contribution is -1.93. The molecule has 128 valence electrons. The van der Waals surface area contributed by atoms with Gasteiger partial charge in [-0.25, -0.2) is 4.79 Å². The standard InChI is InChI=1S/C20H30O3/c1-2-3-4-5-6-7-8-9-10-11-12-13-14-15-16-17-18-19-20(21)23-22/h10-19,22H,2-9H2,1H3/b11-10+,13-12+,15-14+,17-16+,19-18+. The summed E-state index contributed by atoms with van der Waals surface area (Å²) < 4.78 is 0. The van der Waals surface area contributed by atoms with Crippen molar-refractivity contribution in [3.8, 4) is 0 Å². The van der Waals surface area contributed by atoms with Gasteiger partial charge >= 0.3 is 5.97 Å². The van der Waals surface area contributed by atoms with Crippen molar-refractivity contribution in [3.63, 3.8) is 0 Å². The molecule has 0 aromatic heterocycles. The van der Waals surface area contributed by atoms with E-state index in [1.165, 1.54) is 51.0 Å². The van der Waals surface area contributed by atoms with Gasteiger partial charge in [-0.3, -0.25) is 4.89 Å². The summed E-state index contributed by atoms with van der Waals surface area (Å²) in [6.45, 7) is 2.25. The van der Waals surface area contributed by atoms with Gasteiger partial charge in [0.2, 0.25) is 0 Å². The highest BCUT2D eigenvalue weighted by molar-refractivity contribution is 5.81. The molecule has 0 aliphatic rings. The summed E-state index contributed by atoms with van der Waals surface area (Å²) in [5, 5.41) is 8.02. The Labute approximate surface area is 140 Å². The maximum atomic E-state index is 10.5. The summed E-state index contributed by atoms with van der Waals surface area (Å²) in [5.41, 5.74) is 0. The summed E-state index contributed by atoms with van der Waals surface area (Å²) in [6.07, 6.45) is 28.7. The molecule has 0 fully saturated rings. The van der Waals surface area contributed by atoms with Crippen LogP contribution in [0.25, 0.3) is 0 Å². The maximum absolute atomic E-state index is 10.5. The molecule has 3 heteroatoms. The van der Waals surface area contributed by atoms with Gasteiger partial charge in [-0.2, -0.15) is 5.26 Å². The fourth-order valence-corrected chi connectivity index (χ4v) is 1.94. The molecule has 1 N–H and O–H groups in total. The number of carbonyl (C=O) groups excluding carboxylic acids is 1. The molecule has 23 heavy (non-hydrogen) atoms. The Morgan fingerprint density at radius 2 is 1.30 bits per heavy atom. The molecule has 0 heterocycles. The minimum atomic E-state index is -0.787. The monoisotopic (exact) mass is 318 g/mol. The SMILES string of the molecule is CCCCCCCCC/C=C/C=C/C=C/C=C/C=C/C(=O)OO. The van der Waals surface area contributed by atoms with Crippen molar-refractivity contribution >= 4 is 5.97 Å². The van der Waals surface area contributed by atoms with Crippen LogP contribution in [0.3, 0.4) is 0 Å². The Morgan fingerprint density at radius 1 is 0.783 bits per heavy atom. The molecule has 0 saturated heterocycles. The first kappa shape index (κ1) is 21.1. The van der Waals surface area contributed by atoms with E-state index in [4.69, 9.17) is 5.26 Å². The molecule has 0 bridgehead atoms. The van der Waals surface area contributed by atoms with Crippen molar-refractivity contribution in [2.75, 3.05) is 0 Å². The topological polar surface area (TPSA) is 46.5 Å². The van der Waals surface area contributed by atoms with Gasteiger partial charge in [-0.1, -0.05) is 100 Å². The molecule has 0 aromatic rings. The molecule has 0 atom stereocenters. The van der Waals surface area contributed by atoms with Crippen LogP contribution in [0.5, 0.6) is 0 Å². The van der Waals surface area contributed by atoms with Crippen molar-refractivity contribution in [2.45, 2.75) is 58.3 Å². The van der Waals surface area contributed by atoms with E-state index in [-0.39, 0.29) is 0 Å². The van der Waals surface area contributed by atoms with Gasteiger partial charge in [0.15, 0.2) is 0 Å². The van der Waals surface area contributed by atoms with Gasteiger partial charge in [0.1, 0.15) is 0 Å². The summed E-state index contributed by atoms with van der Waals surface area (Å²) in [7, 11) is 0. The summed E-state index contributed by atoms with van der Waals surface area (Å²) in [6, 6.07) is 0. The van der Waals surface area contributed by atoms with Crippen molar-refractivity contribution in [2.24, 2.45) is 0 Å². The van der Waals surface area contributed by atoms with Gasteiger partial charge in [0.25, 0.3) is 0 Å². The normalized spacial score (nSPS) is 12.6. The summed E-state index contributed by atoms with van der Waals surface area (Å²) in [4.78, 5) is 14.0. The average molecular weight is 318 g/mol. The molecule has 3 nitrogen and oxygen atoms in total. The van der Waals surface area contributed by atoms with Crippen LogP contribution >= 0.6 is 0 Å². The van der Waals surface area contributed by atoms with Gasteiger partial charge in [-0.15, -0.1) is 0 Å². The van der Waals surface area contributed by atoms with E-state index in [0.29, 0.717) is 0 Å². The molecule has 0 amide bonds. The van der Waals surface area contributed by atoms with Crippen LogP contribution in [0.1, 0.15) is 58.3 Å². The Morgan fingerprint density at radius 3 is 1.91 bits per heavy atom. The molecular formula is C20H30O3. The van der Waals surface area contributed by atoms with Crippen LogP contribution in [-0.2, 0) is 9.68 Å². The summed E-state index contributed by atoms with van der Waals surface area (Å²) in [5.74, 6) is -0.787. The Hall–Kier alpha value is -1.87. The van der Waals surface area contributed by atoms with Crippen LogP contribution in [0.4, 0.5) is 0 Å². The first-order chi connectivity index (χ1) is 11.3. The first-order valence-corrected chi connectivity index (χ1v) is 8.49. The van der Waals surface area contributed by atoms with Crippen molar-refractivity contribution in [3.05, 3.63) is 60.8 Å². The lowest BCUT2D eigenvalue weighted by molar-refractivity contribution is -0.228. The molecule has 0 spiro atoms. The molecule has 0 unspecified atom stereocenters. The largest absolute Gasteiger partial charge is 0.365 e. The van der Waals surface area contributed by atoms with Crippen molar-refractivity contribution < 1.29 is 14.9 Å². The minimum absolute atomic E-state index is 0.787. The lowest BCUT2D eigenvalue weighted by Gasteiger charge is -1.98. The van der Waals surface area contributed by atoms with Crippen molar-refractivity contribution in [1.82, 2.24) is 0 Å². The van der Waals surface area contributed by atoms with Gasteiger partial charge < -0.3 is 0 Å². The molecule has 0 aliphatic carbocycles. The van der Waals surface area contributed by atoms with Crippen molar-refractivity contribution in [1.29, 1.82) is 0 Å². The third kappa shape index (κ3) is 18.1. The van der Waals surface area contributed by atoms with Crippen LogP contribution < -0.4 is 0 Å². The molecule has 0 aliphatic heterocycles. The Balaban J connectivity index is 3.54. The summed E-state index contributed by atoms with van der Waals surface area (Å²) >= 11 is 0. The molecule has 0 saturated carbocycles. The fraction of sp³-hybridized carbons (Fsp3) is 0.450. The molecule has 0 aromatic carbocycles. The van der Waals surface area contributed by atoms with E-state index < -0.39 is 5.97 Å². The first-order valence-electron chi connectivity index (χ1n) is 8.49. The second kappa shape index (κ2) is 18.2. The highest BCUT2D eigenvalue weighted by Gasteiger charge is 1.89. The Kier molecular flexibility index (Phi) is 16.7. The third-order valence-electron chi connectivity index (χ3n) is 3.21. The number of unbranched alkanes of at least 4 members (excludes halogenated alkanes) is 7. The average Bonchev–Trinajstić information content (AvgIpc) is 2.57. The van der Waals surface area contributed by atoms with Gasteiger partial charge in [-0.05, 0) is 12.8 Å². The predicted octanol–water partition coefficient (Wildman–Crippen LogP) is 5.92. The number of hydrogen-bond acceptors (Lipinski definition) is 3. The number of hydrogen-bond donors (Lipinski definition) is 1. The second-order valence-corrected chi connectivity index (χ2v) is 5.26. The lowest BCUT2D eigenvalue weighted by atomic mass is 10.1. The molecular weight excluding hydrogens is 288 g/mol. The smallest absolute Gasteiger partial charge is 0.296 e. The molecule has 0 rings (SSSR count). The van der Waals surface area contributed by atoms with Gasteiger partial charge in [0, 0.05) is 6.08 Å². The fourth-order valence-electron chi connectivity index (χ4n) is 1.94. The predicted molar refractivity (Wildman–Crippen MR) is 97.0 cm³/mol. The maximum Gasteiger partial charge on any atom is 0.365 e. The van der Waals surface area contributed by atoms with E-state index in [2.05, 4.69) is 24.0 Å². The van der Waals surface area contributed by atoms with E-state index in [1.54, 1.807) is 12.2 Å². The van der Waals surface area contributed by atoms with E-state index in [0.717, 1.165) is 12.5 Å².